The zero-order chi connectivity index (χ0) is 13.7. The molecule has 0 heterocycles. The van der Waals surface area contributed by atoms with Crippen molar-refractivity contribution in [3.8, 4) is 0 Å². The van der Waals surface area contributed by atoms with Crippen LogP contribution in [-0.2, 0) is 11.2 Å². The van der Waals surface area contributed by atoms with Crippen LogP contribution in [0.3, 0.4) is 0 Å². The Kier molecular flexibility index (Phi) is 4.97. The lowest BCUT2D eigenvalue weighted by Gasteiger charge is -2.16. The molecule has 0 radical (unpaired) electrons. The molecule has 3 nitrogen and oxygen atoms in total. The van der Waals surface area contributed by atoms with Crippen molar-refractivity contribution < 1.29 is 4.79 Å². The van der Waals surface area contributed by atoms with Crippen LogP contribution in [0.4, 0.5) is 5.69 Å². The van der Waals surface area contributed by atoms with Crippen molar-refractivity contribution >= 4 is 11.6 Å². The van der Waals surface area contributed by atoms with Crippen molar-refractivity contribution in [1.29, 1.82) is 0 Å². The van der Waals surface area contributed by atoms with E-state index in [1.807, 2.05) is 12.1 Å². The molecule has 1 amide bonds. The van der Waals surface area contributed by atoms with Gasteiger partial charge >= 0.3 is 0 Å². The van der Waals surface area contributed by atoms with E-state index in [0.29, 0.717) is 6.04 Å². The van der Waals surface area contributed by atoms with Gasteiger partial charge in [-0.2, -0.15) is 0 Å². The molecule has 1 atom stereocenters. The molecule has 0 bridgehead atoms. The van der Waals surface area contributed by atoms with E-state index in [1.54, 1.807) is 0 Å². The van der Waals surface area contributed by atoms with E-state index in [2.05, 4.69) is 36.6 Å². The molecule has 1 aliphatic rings. The van der Waals surface area contributed by atoms with E-state index in [0.717, 1.165) is 37.9 Å². The van der Waals surface area contributed by atoms with Gasteiger partial charge < -0.3 is 10.6 Å². The Morgan fingerprint density at radius 2 is 1.95 bits per heavy atom. The Morgan fingerprint density at radius 3 is 2.47 bits per heavy atom. The van der Waals surface area contributed by atoms with E-state index in [9.17, 15) is 4.79 Å². The maximum Gasteiger partial charge on any atom is 0.227 e. The average Bonchev–Trinajstić information content (AvgIpc) is 3.24. The van der Waals surface area contributed by atoms with Crippen LogP contribution in [0.15, 0.2) is 24.3 Å². The van der Waals surface area contributed by atoms with Crippen molar-refractivity contribution in [2.45, 2.75) is 45.6 Å². The predicted molar refractivity (Wildman–Crippen MR) is 79.3 cm³/mol. The summed E-state index contributed by atoms with van der Waals surface area (Å²) in [7, 11) is 0. The lowest BCUT2D eigenvalue weighted by atomic mass is 10.0. The fourth-order valence-corrected chi connectivity index (χ4v) is 2.25. The second-order valence-corrected chi connectivity index (χ2v) is 5.33. The van der Waals surface area contributed by atoms with Gasteiger partial charge in [0.15, 0.2) is 0 Å². The summed E-state index contributed by atoms with van der Waals surface area (Å²) < 4.78 is 0. The Morgan fingerprint density at radius 1 is 1.26 bits per heavy atom. The molecule has 104 valence electrons. The van der Waals surface area contributed by atoms with Crippen LogP contribution in [0.2, 0.25) is 0 Å². The molecule has 1 saturated carbocycles. The molecule has 3 heteroatoms. The first-order valence-electron chi connectivity index (χ1n) is 7.36. The van der Waals surface area contributed by atoms with Crippen LogP contribution >= 0.6 is 0 Å². The van der Waals surface area contributed by atoms with Gasteiger partial charge in [-0.1, -0.05) is 26.0 Å². The summed E-state index contributed by atoms with van der Waals surface area (Å²) >= 11 is 0. The summed E-state index contributed by atoms with van der Waals surface area (Å²) in [4.78, 5) is 11.6. The number of carbonyl (C=O) groups excluding carboxylic acids is 1. The smallest absolute Gasteiger partial charge is 0.227 e. The van der Waals surface area contributed by atoms with Gasteiger partial charge in [-0.25, -0.2) is 0 Å². The highest BCUT2D eigenvalue weighted by atomic mass is 16.2. The topological polar surface area (TPSA) is 41.1 Å². The highest BCUT2D eigenvalue weighted by Crippen LogP contribution is 2.30. The van der Waals surface area contributed by atoms with Crippen LogP contribution < -0.4 is 10.6 Å². The number of hydrogen-bond donors (Lipinski definition) is 2. The molecule has 1 fully saturated rings. The van der Waals surface area contributed by atoms with E-state index in [1.165, 1.54) is 5.56 Å². The zero-order valence-corrected chi connectivity index (χ0v) is 11.9. The molecule has 2 N–H and O–H groups in total. The minimum absolute atomic E-state index is 0.173. The zero-order valence-electron chi connectivity index (χ0n) is 11.9. The molecule has 19 heavy (non-hydrogen) atoms. The van der Waals surface area contributed by atoms with Gasteiger partial charge in [-0.15, -0.1) is 0 Å². The van der Waals surface area contributed by atoms with Gasteiger partial charge in [-0.3, -0.25) is 4.79 Å². The van der Waals surface area contributed by atoms with Gasteiger partial charge in [0.2, 0.25) is 5.91 Å². The molecule has 0 aliphatic heterocycles. The summed E-state index contributed by atoms with van der Waals surface area (Å²) in [6.07, 6.45) is 4.27. The molecule has 1 unspecified atom stereocenters. The van der Waals surface area contributed by atoms with Gasteiger partial charge in [0.05, 0.1) is 0 Å². The van der Waals surface area contributed by atoms with Crippen molar-refractivity contribution in [1.82, 2.24) is 5.32 Å². The fourth-order valence-electron chi connectivity index (χ4n) is 2.25. The second-order valence-electron chi connectivity index (χ2n) is 5.33. The van der Waals surface area contributed by atoms with Crippen LogP contribution in [0.25, 0.3) is 0 Å². The minimum atomic E-state index is 0.173. The maximum atomic E-state index is 11.6. The number of benzene rings is 1. The Hall–Kier alpha value is -1.35. The molecule has 1 aliphatic carbocycles. The van der Waals surface area contributed by atoms with Gasteiger partial charge in [0.1, 0.15) is 0 Å². The first kappa shape index (κ1) is 14.1. The first-order valence-corrected chi connectivity index (χ1v) is 7.36. The van der Waals surface area contributed by atoms with Crippen molar-refractivity contribution in [2.24, 2.45) is 5.92 Å². The molecular formula is C16H24N2O. The fraction of sp³-hybridized carbons (Fsp3) is 0.562. The summed E-state index contributed by atoms with van der Waals surface area (Å²) in [6.45, 7) is 5.35. The summed E-state index contributed by atoms with van der Waals surface area (Å²) in [5.74, 6) is 0.435. The summed E-state index contributed by atoms with van der Waals surface area (Å²) in [5, 5.41) is 6.45. The van der Waals surface area contributed by atoms with Crippen LogP contribution in [0, 0.1) is 5.92 Å². The molecule has 2 rings (SSSR count). The monoisotopic (exact) mass is 260 g/mol. The normalized spacial score (nSPS) is 16.1. The molecular weight excluding hydrogens is 236 g/mol. The SMILES string of the molecule is CCNC(CC)Cc1ccc(NC(=O)C2CC2)cc1. The number of anilines is 1. The number of nitrogens with one attached hydrogen (secondary N) is 2. The highest BCUT2D eigenvalue weighted by molar-refractivity contribution is 5.93. The summed E-state index contributed by atoms with van der Waals surface area (Å²) in [6, 6.07) is 8.78. The van der Waals surface area contributed by atoms with Gasteiger partial charge in [-0.05, 0) is 49.9 Å². The predicted octanol–water partition coefficient (Wildman–Crippen LogP) is 2.97. The Labute approximate surface area is 115 Å². The molecule has 1 aromatic carbocycles. The third-order valence-corrected chi connectivity index (χ3v) is 3.64. The van der Waals surface area contributed by atoms with Crippen molar-refractivity contribution in [3.05, 3.63) is 29.8 Å². The number of carbonyl (C=O) groups is 1. The largest absolute Gasteiger partial charge is 0.326 e. The average molecular weight is 260 g/mol. The van der Waals surface area contributed by atoms with E-state index >= 15 is 0 Å². The van der Waals surface area contributed by atoms with Crippen LogP contribution in [0.5, 0.6) is 0 Å². The minimum Gasteiger partial charge on any atom is -0.326 e. The number of rotatable bonds is 7. The van der Waals surface area contributed by atoms with Gasteiger partial charge in [0.25, 0.3) is 0 Å². The number of likely N-dealkylation sites (N-methyl/N-ethyl adjacent to an activating group) is 1. The molecule has 0 aromatic heterocycles. The lowest BCUT2D eigenvalue weighted by molar-refractivity contribution is -0.117. The number of hydrogen-bond acceptors (Lipinski definition) is 2. The van der Waals surface area contributed by atoms with Crippen molar-refractivity contribution in [3.63, 3.8) is 0 Å². The summed E-state index contributed by atoms with van der Waals surface area (Å²) in [5.41, 5.74) is 2.23. The van der Waals surface area contributed by atoms with Gasteiger partial charge in [0, 0.05) is 17.6 Å². The van der Waals surface area contributed by atoms with E-state index < -0.39 is 0 Å². The van der Waals surface area contributed by atoms with Crippen molar-refractivity contribution in [2.75, 3.05) is 11.9 Å². The van der Waals surface area contributed by atoms with E-state index in [4.69, 9.17) is 0 Å². The quantitative estimate of drug-likeness (QED) is 0.791. The lowest BCUT2D eigenvalue weighted by Crippen LogP contribution is -2.30. The Bertz CT molecular complexity index is 409. The third-order valence-electron chi connectivity index (χ3n) is 3.64. The van der Waals surface area contributed by atoms with Crippen LogP contribution in [0.1, 0.15) is 38.7 Å². The standard InChI is InChI=1S/C16H24N2O/c1-3-14(17-4-2)11-12-5-9-15(10-6-12)18-16(19)13-7-8-13/h5-6,9-10,13-14,17H,3-4,7-8,11H2,1-2H3,(H,18,19). The molecule has 0 saturated heterocycles. The van der Waals surface area contributed by atoms with E-state index in [-0.39, 0.29) is 11.8 Å². The number of amides is 1. The maximum absolute atomic E-state index is 11.6. The Balaban J connectivity index is 1.88. The second kappa shape index (κ2) is 6.71. The third kappa shape index (κ3) is 4.35. The molecule has 0 spiro atoms. The molecule has 1 aromatic rings. The first-order chi connectivity index (χ1) is 9.22. The highest BCUT2D eigenvalue weighted by Gasteiger charge is 2.29. The van der Waals surface area contributed by atoms with Crippen LogP contribution in [-0.4, -0.2) is 18.5 Å².